The van der Waals surface area contributed by atoms with Crippen molar-refractivity contribution in [3.05, 3.63) is 87.8 Å². The number of hydrogen-bond donors (Lipinski definition) is 1. The van der Waals surface area contributed by atoms with Gasteiger partial charge in [0.25, 0.3) is 0 Å². The van der Waals surface area contributed by atoms with Crippen molar-refractivity contribution in [2.24, 2.45) is 0 Å². The van der Waals surface area contributed by atoms with Crippen molar-refractivity contribution in [2.45, 2.75) is 31.7 Å². The van der Waals surface area contributed by atoms with Crippen LogP contribution in [0.15, 0.2) is 65.9 Å². The number of allylic oxidation sites excluding steroid dienone is 2. The standard InChI is InChI=1S/C22H19ClN4O/c1-13-24-22-25-18-11-16(14-7-9-17(23)10-8-14)12-19(28)20(18)21(27(22)26-13)15-5-3-2-4-6-15/h2-10,16,21H,11-12H2,1H3,(H,24,25,26)/t16-,21-/m1/s1. The Bertz CT molecular complexity index is 1090. The summed E-state index contributed by atoms with van der Waals surface area (Å²) < 4.78 is 1.84. The van der Waals surface area contributed by atoms with E-state index in [2.05, 4.69) is 15.4 Å². The van der Waals surface area contributed by atoms with Crippen LogP contribution in [0.5, 0.6) is 0 Å². The Morgan fingerprint density at radius 2 is 1.79 bits per heavy atom. The Balaban J connectivity index is 1.60. The average Bonchev–Trinajstić information content (AvgIpc) is 3.07. The molecule has 3 aromatic rings. The summed E-state index contributed by atoms with van der Waals surface area (Å²) in [6.45, 7) is 1.87. The lowest BCUT2D eigenvalue weighted by atomic mass is 9.78. The molecule has 0 fully saturated rings. The van der Waals surface area contributed by atoms with Crippen molar-refractivity contribution in [3.8, 4) is 0 Å². The SMILES string of the molecule is Cc1nc2n(n1)[C@H](c1ccccc1)C1=C(C[C@@H](c3ccc(Cl)cc3)CC1=O)N2. The highest BCUT2D eigenvalue weighted by molar-refractivity contribution is 6.30. The van der Waals surface area contributed by atoms with Crippen LogP contribution in [-0.4, -0.2) is 20.5 Å². The number of anilines is 1. The number of hydrogen-bond acceptors (Lipinski definition) is 4. The number of nitrogens with one attached hydrogen (secondary N) is 1. The van der Waals surface area contributed by atoms with E-state index >= 15 is 0 Å². The molecular formula is C22H19ClN4O. The Morgan fingerprint density at radius 3 is 2.54 bits per heavy atom. The van der Waals surface area contributed by atoms with Gasteiger partial charge in [0.1, 0.15) is 11.9 Å². The Labute approximate surface area is 168 Å². The molecule has 28 heavy (non-hydrogen) atoms. The molecule has 0 unspecified atom stereocenters. The van der Waals surface area contributed by atoms with Gasteiger partial charge in [0.15, 0.2) is 5.78 Å². The van der Waals surface area contributed by atoms with Gasteiger partial charge >= 0.3 is 0 Å². The number of carbonyl (C=O) groups is 1. The zero-order valence-corrected chi connectivity index (χ0v) is 16.1. The van der Waals surface area contributed by atoms with Gasteiger partial charge in [-0.05, 0) is 42.5 Å². The van der Waals surface area contributed by atoms with E-state index in [0.717, 1.165) is 28.8 Å². The molecule has 0 amide bonds. The predicted octanol–water partition coefficient (Wildman–Crippen LogP) is 4.66. The molecule has 0 radical (unpaired) electrons. The average molecular weight is 391 g/mol. The van der Waals surface area contributed by atoms with Crippen molar-refractivity contribution in [1.82, 2.24) is 14.8 Å². The monoisotopic (exact) mass is 390 g/mol. The third kappa shape index (κ3) is 2.83. The number of nitrogens with zero attached hydrogens (tertiary/aromatic N) is 3. The first kappa shape index (κ1) is 17.2. The van der Waals surface area contributed by atoms with E-state index in [1.807, 2.05) is 66.2 Å². The fraction of sp³-hybridized carbons (Fsp3) is 0.227. The van der Waals surface area contributed by atoms with E-state index in [9.17, 15) is 4.79 Å². The molecule has 1 aliphatic carbocycles. The molecule has 5 nitrogen and oxygen atoms in total. The van der Waals surface area contributed by atoms with Gasteiger partial charge in [0.2, 0.25) is 5.95 Å². The molecule has 5 rings (SSSR count). The number of aromatic nitrogens is 3. The van der Waals surface area contributed by atoms with E-state index in [-0.39, 0.29) is 17.7 Å². The third-order valence-electron chi connectivity index (χ3n) is 5.48. The third-order valence-corrected chi connectivity index (χ3v) is 5.73. The summed E-state index contributed by atoms with van der Waals surface area (Å²) in [5.74, 6) is 1.66. The molecule has 2 aromatic carbocycles. The molecule has 0 saturated carbocycles. The van der Waals surface area contributed by atoms with Crippen molar-refractivity contribution in [3.63, 3.8) is 0 Å². The van der Waals surface area contributed by atoms with Crippen LogP contribution >= 0.6 is 11.6 Å². The second-order valence-corrected chi connectivity index (χ2v) is 7.77. The predicted molar refractivity (Wildman–Crippen MR) is 108 cm³/mol. The first-order chi connectivity index (χ1) is 13.6. The van der Waals surface area contributed by atoms with Gasteiger partial charge in [0, 0.05) is 22.7 Å². The van der Waals surface area contributed by atoms with Crippen LogP contribution in [0.25, 0.3) is 0 Å². The number of aryl methyl sites for hydroxylation is 1. The molecule has 2 heterocycles. The molecule has 1 aromatic heterocycles. The van der Waals surface area contributed by atoms with Crippen LogP contribution in [-0.2, 0) is 4.79 Å². The van der Waals surface area contributed by atoms with Crippen LogP contribution in [0.1, 0.15) is 41.8 Å². The summed E-state index contributed by atoms with van der Waals surface area (Å²) in [4.78, 5) is 17.8. The zero-order valence-electron chi connectivity index (χ0n) is 15.4. The van der Waals surface area contributed by atoms with E-state index in [0.29, 0.717) is 23.2 Å². The van der Waals surface area contributed by atoms with Gasteiger partial charge in [-0.25, -0.2) is 4.68 Å². The maximum absolute atomic E-state index is 13.3. The molecule has 1 N–H and O–H groups in total. The highest BCUT2D eigenvalue weighted by atomic mass is 35.5. The number of benzene rings is 2. The molecule has 0 bridgehead atoms. The minimum absolute atomic E-state index is 0.128. The maximum atomic E-state index is 13.3. The summed E-state index contributed by atoms with van der Waals surface area (Å²) in [6, 6.07) is 17.6. The summed E-state index contributed by atoms with van der Waals surface area (Å²) in [7, 11) is 0. The number of halogens is 1. The fourth-order valence-electron chi connectivity index (χ4n) is 4.23. The Kier molecular flexibility index (Phi) is 4.05. The first-order valence-corrected chi connectivity index (χ1v) is 9.75. The van der Waals surface area contributed by atoms with Gasteiger partial charge in [-0.15, -0.1) is 0 Å². The molecule has 0 saturated heterocycles. The Hall–Kier alpha value is -2.92. The molecule has 6 heteroatoms. The zero-order chi connectivity index (χ0) is 19.3. The van der Waals surface area contributed by atoms with Crippen molar-refractivity contribution < 1.29 is 4.79 Å². The lowest BCUT2D eigenvalue weighted by molar-refractivity contribution is -0.116. The van der Waals surface area contributed by atoms with Gasteiger partial charge in [0.05, 0.1) is 0 Å². The van der Waals surface area contributed by atoms with Gasteiger partial charge in [-0.1, -0.05) is 54.1 Å². The minimum atomic E-state index is -0.243. The molecule has 2 atom stereocenters. The molecule has 0 spiro atoms. The molecule has 1 aliphatic heterocycles. The van der Waals surface area contributed by atoms with Crippen LogP contribution in [0, 0.1) is 6.92 Å². The number of carbonyl (C=O) groups excluding carboxylic acids is 1. The van der Waals surface area contributed by atoms with E-state index in [4.69, 9.17) is 11.6 Å². The second-order valence-electron chi connectivity index (χ2n) is 7.34. The summed E-state index contributed by atoms with van der Waals surface area (Å²) >= 11 is 6.03. The normalized spacial score (nSPS) is 21.1. The first-order valence-electron chi connectivity index (χ1n) is 9.37. The van der Waals surface area contributed by atoms with Crippen molar-refractivity contribution in [1.29, 1.82) is 0 Å². The summed E-state index contributed by atoms with van der Waals surface area (Å²) in [6.07, 6.45) is 1.24. The Morgan fingerprint density at radius 1 is 1.04 bits per heavy atom. The number of Topliss-reactive ketones (excluding diaryl/α,β-unsaturated/α-hetero) is 1. The highest BCUT2D eigenvalue weighted by Gasteiger charge is 2.39. The van der Waals surface area contributed by atoms with Crippen LogP contribution in [0.3, 0.4) is 0 Å². The van der Waals surface area contributed by atoms with Gasteiger partial charge < -0.3 is 5.32 Å². The summed E-state index contributed by atoms with van der Waals surface area (Å²) in [5.41, 5.74) is 3.92. The highest BCUT2D eigenvalue weighted by Crippen LogP contribution is 2.44. The largest absolute Gasteiger partial charge is 0.328 e. The van der Waals surface area contributed by atoms with Gasteiger partial charge in [-0.3, -0.25) is 4.79 Å². The second kappa shape index (κ2) is 6.60. The quantitative estimate of drug-likeness (QED) is 0.691. The topological polar surface area (TPSA) is 59.8 Å². The van der Waals surface area contributed by atoms with E-state index in [1.165, 1.54) is 0 Å². The van der Waals surface area contributed by atoms with Crippen LogP contribution in [0.4, 0.5) is 5.95 Å². The van der Waals surface area contributed by atoms with E-state index < -0.39 is 0 Å². The van der Waals surface area contributed by atoms with Crippen LogP contribution < -0.4 is 5.32 Å². The minimum Gasteiger partial charge on any atom is -0.328 e. The molecule has 2 aliphatic rings. The fourth-order valence-corrected chi connectivity index (χ4v) is 4.36. The van der Waals surface area contributed by atoms with Gasteiger partial charge in [-0.2, -0.15) is 10.1 Å². The molecular weight excluding hydrogens is 372 g/mol. The summed E-state index contributed by atoms with van der Waals surface area (Å²) in [5, 5.41) is 8.65. The number of ketones is 1. The number of rotatable bonds is 2. The number of fused-ring (bicyclic) bond motifs is 1. The van der Waals surface area contributed by atoms with Crippen molar-refractivity contribution in [2.75, 3.05) is 5.32 Å². The lowest BCUT2D eigenvalue weighted by Crippen LogP contribution is -2.33. The smallest absolute Gasteiger partial charge is 0.226 e. The van der Waals surface area contributed by atoms with Crippen molar-refractivity contribution >= 4 is 23.3 Å². The lowest BCUT2D eigenvalue weighted by Gasteiger charge is -2.35. The van der Waals surface area contributed by atoms with Crippen LogP contribution in [0.2, 0.25) is 5.02 Å². The van der Waals surface area contributed by atoms with E-state index in [1.54, 1.807) is 0 Å². The maximum Gasteiger partial charge on any atom is 0.226 e. The molecule has 140 valence electrons.